The molecule has 0 spiro atoms. The van der Waals surface area contributed by atoms with Crippen LogP contribution in [-0.4, -0.2) is 33.5 Å². The number of pyridine rings is 1. The third kappa shape index (κ3) is 3.15. The summed E-state index contributed by atoms with van der Waals surface area (Å²) in [5.41, 5.74) is 1.58. The Hall–Kier alpha value is -1.66. The van der Waals surface area contributed by atoms with Crippen molar-refractivity contribution in [1.82, 2.24) is 14.8 Å². The van der Waals surface area contributed by atoms with Gasteiger partial charge in [-0.25, -0.2) is 0 Å². The standard InChI is InChI=1S/C11H14BN3O2/c1-2-17-12(16)10-7-14-15(8-10)9-11-5-3-4-6-13-11/h3-8,16H,2,9H2,1H3. The van der Waals surface area contributed by atoms with E-state index >= 15 is 0 Å². The Labute approximate surface area is 100 Å². The van der Waals surface area contributed by atoms with Gasteiger partial charge in [0, 0.05) is 30.7 Å². The van der Waals surface area contributed by atoms with E-state index in [0.29, 0.717) is 18.6 Å². The Balaban J connectivity index is 2.04. The van der Waals surface area contributed by atoms with Crippen molar-refractivity contribution in [2.24, 2.45) is 0 Å². The van der Waals surface area contributed by atoms with E-state index < -0.39 is 7.12 Å². The Morgan fingerprint density at radius 3 is 3.06 bits per heavy atom. The number of aromatic nitrogens is 3. The van der Waals surface area contributed by atoms with E-state index in [1.807, 2.05) is 25.1 Å². The van der Waals surface area contributed by atoms with Gasteiger partial charge in [-0.05, 0) is 19.1 Å². The highest BCUT2D eigenvalue weighted by Crippen LogP contribution is 1.96. The number of hydrogen-bond acceptors (Lipinski definition) is 4. The summed E-state index contributed by atoms with van der Waals surface area (Å²) in [6.07, 6.45) is 5.10. The summed E-state index contributed by atoms with van der Waals surface area (Å²) in [4.78, 5) is 4.21. The molecule has 0 unspecified atom stereocenters. The summed E-state index contributed by atoms with van der Waals surface area (Å²) < 4.78 is 6.80. The molecule has 6 heteroatoms. The van der Waals surface area contributed by atoms with Crippen molar-refractivity contribution in [2.75, 3.05) is 6.61 Å². The summed E-state index contributed by atoms with van der Waals surface area (Å²) in [6.45, 7) is 2.88. The molecule has 0 radical (unpaired) electrons. The molecule has 2 heterocycles. The van der Waals surface area contributed by atoms with Crippen LogP contribution in [0, 0.1) is 0 Å². The first-order valence-electron chi connectivity index (χ1n) is 5.51. The van der Waals surface area contributed by atoms with Gasteiger partial charge in [-0.1, -0.05) is 6.07 Å². The molecule has 0 aromatic carbocycles. The van der Waals surface area contributed by atoms with E-state index in [0.717, 1.165) is 5.69 Å². The van der Waals surface area contributed by atoms with Crippen molar-refractivity contribution in [1.29, 1.82) is 0 Å². The smallest absolute Gasteiger partial charge is 0.423 e. The molecule has 2 aromatic rings. The average molecular weight is 231 g/mol. The molecule has 5 nitrogen and oxygen atoms in total. The summed E-state index contributed by atoms with van der Waals surface area (Å²) in [6, 6.07) is 5.74. The maximum atomic E-state index is 9.61. The molecule has 1 N–H and O–H groups in total. The van der Waals surface area contributed by atoms with Gasteiger partial charge in [-0.15, -0.1) is 0 Å². The molecule has 0 aliphatic heterocycles. The quantitative estimate of drug-likeness (QED) is 0.738. The third-order valence-electron chi connectivity index (χ3n) is 2.31. The normalized spacial score (nSPS) is 10.5. The van der Waals surface area contributed by atoms with Crippen LogP contribution in [0.5, 0.6) is 0 Å². The van der Waals surface area contributed by atoms with Gasteiger partial charge in [-0.3, -0.25) is 9.67 Å². The van der Waals surface area contributed by atoms with E-state index in [9.17, 15) is 5.02 Å². The Bertz CT molecular complexity index is 461. The number of hydrogen-bond donors (Lipinski definition) is 1. The van der Waals surface area contributed by atoms with Gasteiger partial charge in [0.2, 0.25) is 0 Å². The fraction of sp³-hybridized carbons (Fsp3) is 0.273. The zero-order chi connectivity index (χ0) is 12.1. The van der Waals surface area contributed by atoms with Crippen LogP contribution >= 0.6 is 0 Å². The van der Waals surface area contributed by atoms with E-state index in [1.165, 1.54) is 0 Å². The van der Waals surface area contributed by atoms with Gasteiger partial charge in [0.25, 0.3) is 0 Å². The summed E-state index contributed by atoms with van der Waals surface area (Å²) in [5.74, 6) is 0. The maximum absolute atomic E-state index is 9.61. The number of rotatable bonds is 5. The lowest BCUT2D eigenvalue weighted by Gasteiger charge is -2.02. The molecule has 2 rings (SSSR count). The highest BCUT2D eigenvalue weighted by molar-refractivity contribution is 6.59. The topological polar surface area (TPSA) is 60.2 Å². The molecule has 0 aliphatic rings. The lowest BCUT2D eigenvalue weighted by Crippen LogP contribution is -2.32. The van der Waals surface area contributed by atoms with Crippen molar-refractivity contribution in [3.63, 3.8) is 0 Å². The van der Waals surface area contributed by atoms with Crippen LogP contribution in [0.4, 0.5) is 0 Å². The van der Waals surface area contributed by atoms with Crippen molar-refractivity contribution in [3.05, 3.63) is 42.5 Å². The molecule has 0 amide bonds. The minimum absolute atomic E-state index is 0.465. The van der Waals surface area contributed by atoms with E-state index in [4.69, 9.17) is 4.65 Å². The van der Waals surface area contributed by atoms with Crippen molar-refractivity contribution in [3.8, 4) is 0 Å². The monoisotopic (exact) mass is 231 g/mol. The molecule has 0 atom stereocenters. The molecular weight excluding hydrogens is 217 g/mol. The second kappa shape index (κ2) is 5.61. The predicted molar refractivity (Wildman–Crippen MR) is 64.8 cm³/mol. The fourth-order valence-corrected chi connectivity index (χ4v) is 1.51. The zero-order valence-corrected chi connectivity index (χ0v) is 9.65. The Morgan fingerprint density at radius 2 is 2.35 bits per heavy atom. The molecule has 0 fully saturated rings. The second-order valence-electron chi connectivity index (χ2n) is 3.60. The Morgan fingerprint density at radius 1 is 1.47 bits per heavy atom. The zero-order valence-electron chi connectivity index (χ0n) is 9.65. The molecular formula is C11H14BN3O2. The van der Waals surface area contributed by atoms with Crippen LogP contribution in [0.15, 0.2) is 36.8 Å². The van der Waals surface area contributed by atoms with E-state index in [1.54, 1.807) is 23.3 Å². The Kier molecular flexibility index (Phi) is 3.90. The van der Waals surface area contributed by atoms with Gasteiger partial charge < -0.3 is 9.68 Å². The molecule has 0 aliphatic carbocycles. The van der Waals surface area contributed by atoms with Gasteiger partial charge in [0.05, 0.1) is 12.2 Å². The SMILES string of the molecule is CCOB(O)c1cnn(Cc2ccccn2)c1. The largest absolute Gasteiger partial charge is 0.494 e. The highest BCUT2D eigenvalue weighted by Gasteiger charge is 2.17. The van der Waals surface area contributed by atoms with Crippen LogP contribution in [0.1, 0.15) is 12.6 Å². The van der Waals surface area contributed by atoms with Gasteiger partial charge in [0.15, 0.2) is 0 Å². The lowest BCUT2D eigenvalue weighted by molar-refractivity contribution is 0.287. The van der Waals surface area contributed by atoms with Crippen LogP contribution in [0.2, 0.25) is 0 Å². The molecule has 0 saturated heterocycles. The summed E-state index contributed by atoms with van der Waals surface area (Å²) in [5, 5.41) is 13.8. The average Bonchev–Trinajstić information content (AvgIpc) is 2.79. The van der Waals surface area contributed by atoms with Crippen LogP contribution in [-0.2, 0) is 11.2 Å². The molecule has 2 aromatic heterocycles. The first kappa shape index (κ1) is 11.8. The maximum Gasteiger partial charge on any atom is 0.494 e. The van der Waals surface area contributed by atoms with E-state index in [2.05, 4.69) is 10.1 Å². The first-order chi connectivity index (χ1) is 8.29. The lowest BCUT2D eigenvalue weighted by atomic mass is 9.82. The fourth-order valence-electron chi connectivity index (χ4n) is 1.51. The predicted octanol–water partition coefficient (Wildman–Crippen LogP) is 0.0504. The minimum atomic E-state index is -0.905. The highest BCUT2D eigenvalue weighted by atomic mass is 16.5. The molecule has 88 valence electrons. The van der Waals surface area contributed by atoms with Crippen LogP contribution in [0.3, 0.4) is 0 Å². The van der Waals surface area contributed by atoms with Crippen molar-refractivity contribution < 1.29 is 9.68 Å². The molecule has 0 bridgehead atoms. The van der Waals surface area contributed by atoms with Gasteiger partial charge in [0.1, 0.15) is 0 Å². The summed E-state index contributed by atoms with van der Waals surface area (Å²) >= 11 is 0. The second-order valence-corrected chi connectivity index (χ2v) is 3.60. The minimum Gasteiger partial charge on any atom is -0.423 e. The molecule has 0 saturated carbocycles. The third-order valence-corrected chi connectivity index (χ3v) is 2.31. The van der Waals surface area contributed by atoms with Crippen LogP contribution in [0.25, 0.3) is 0 Å². The van der Waals surface area contributed by atoms with Gasteiger partial charge in [-0.2, -0.15) is 5.10 Å². The van der Waals surface area contributed by atoms with Crippen molar-refractivity contribution >= 4 is 12.6 Å². The van der Waals surface area contributed by atoms with Gasteiger partial charge >= 0.3 is 7.12 Å². The van der Waals surface area contributed by atoms with E-state index in [-0.39, 0.29) is 0 Å². The first-order valence-corrected chi connectivity index (χ1v) is 5.51. The van der Waals surface area contributed by atoms with Crippen molar-refractivity contribution in [2.45, 2.75) is 13.5 Å². The molecule has 17 heavy (non-hydrogen) atoms. The van der Waals surface area contributed by atoms with Crippen LogP contribution < -0.4 is 5.46 Å². The number of nitrogens with zero attached hydrogens (tertiary/aromatic N) is 3. The summed E-state index contributed by atoms with van der Waals surface area (Å²) in [7, 11) is -0.905.